The SMILES string of the molecule is CNC(CO)(COCCOC(C)C)c1ccccc1. The second-order valence-electron chi connectivity index (χ2n) is 4.83. The Labute approximate surface area is 115 Å². The van der Waals surface area contributed by atoms with Crippen LogP contribution in [0.25, 0.3) is 0 Å². The van der Waals surface area contributed by atoms with E-state index >= 15 is 0 Å². The van der Waals surface area contributed by atoms with Crippen molar-refractivity contribution in [3.63, 3.8) is 0 Å². The molecule has 0 saturated carbocycles. The minimum atomic E-state index is -0.556. The molecule has 0 amide bonds. The van der Waals surface area contributed by atoms with E-state index in [4.69, 9.17) is 9.47 Å². The molecule has 2 N–H and O–H groups in total. The molecule has 0 aromatic heterocycles. The number of likely N-dealkylation sites (N-methyl/N-ethyl adjacent to an activating group) is 1. The van der Waals surface area contributed by atoms with Gasteiger partial charge in [-0.05, 0) is 26.5 Å². The standard InChI is InChI=1S/C15H25NO3/c1-13(2)19-10-9-18-12-15(11-17,16-3)14-7-5-4-6-8-14/h4-8,13,16-17H,9-12H2,1-3H3. The Morgan fingerprint density at radius 1 is 1.21 bits per heavy atom. The topological polar surface area (TPSA) is 50.7 Å². The number of aliphatic hydroxyl groups excluding tert-OH is 1. The molecule has 0 fully saturated rings. The number of rotatable bonds is 9. The first-order valence-electron chi connectivity index (χ1n) is 6.69. The monoisotopic (exact) mass is 267 g/mol. The van der Waals surface area contributed by atoms with Crippen LogP contribution in [0.2, 0.25) is 0 Å². The Morgan fingerprint density at radius 2 is 1.89 bits per heavy atom. The molecular formula is C15H25NO3. The van der Waals surface area contributed by atoms with Gasteiger partial charge < -0.3 is 19.9 Å². The van der Waals surface area contributed by atoms with Crippen molar-refractivity contribution in [3.8, 4) is 0 Å². The summed E-state index contributed by atoms with van der Waals surface area (Å²) in [6.07, 6.45) is 0.213. The molecule has 4 nitrogen and oxygen atoms in total. The maximum absolute atomic E-state index is 9.70. The molecule has 0 radical (unpaired) electrons. The third kappa shape index (κ3) is 4.91. The first-order chi connectivity index (χ1) is 9.14. The molecule has 1 unspecified atom stereocenters. The van der Waals surface area contributed by atoms with Crippen LogP contribution in [0.3, 0.4) is 0 Å². The van der Waals surface area contributed by atoms with Gasteiger partial charge in [-0.15, -0.1) is 0 Å². The molecule has 4 heteroatoms. The van der Waals surface area contributed by atoms with E-state index in [2.05, 4.69) is 5.32 Å². The van der Waals surface area contributed by atoms with Gasteiger partial charge in [0.15, 0.2) is 0 Å². The van der Waals surface area contributed by atoms with E-state index in [-0.39, 0.29) is 12.7 Å². The largest absolute Gasteiger partial charge is 0.394 e. The summed E-state index contributed by atoms with van der Waals surface area (Å²) in [5.41, 5.74) is 0.462. The molecule has 0 spiro atoms. The average molecular weight is 267 g/mol. The van der Waals surface area contributed by atoms with E-state index in [9.17, 15) is 5.11 Å². The van der Waals surface area contributed by atoms with Gasteiger partial charge in [0.1, 0.15) is 0 Å². The van der Waals surface area contributed by atoms with Gasteiger partial charge in [-0.1, -0.05) is 30.3 Å². The van der Waals surface area contributed by atoms with Crippen LogP contribution < -0.4 is 5.32 Å². The van der Waals surface area contributed by atoms with Crippen molar-refractivity contribution in [2.24, 2.45) is 0 Å². The lowest BCUT2D eigenvalue weighted by Gasteiger charge is -2.32. The van der Waals surface area contributed by atoms with Gasteiger partial charge >= 0.3 is 0 Å². The second-order valence-corrected chi connectivity index (χ2v) is 4.83. The summed E-state index contributed by atoms with van der Waals surface area (Å²) in [4.78, 5) is 0. The predicted octanol–water partition coefficient (Wildman–Crippen LogP) is 1.54. The fourth-order valence-electron chi connectivity index (χ4n) is 1.86. The van der Waals surface area contributed by atoms with Gasteiger partial charge in [0.2, 0.25) is 0 Å². The first-order valence-corrected chi connectivity index (χ1v) is 6.69. The average Bonchev–Trinajstić information content (AvgIpc) is 2.44. The van der Waals surface area contributed by atoms with Crippen LogP contribution in [-0.2, 0) is 15.0 Å². The Balaban J connectivity index is 2.53. The second kappa shape index (κ2) is 8.27. The highest BCUT2D eigenvalue weighted by atomic mass is 16.5. The normalized spacial score (nSPS) is 14.6. The van der Waals surface area contributed by atoms with E-state index in [0.29, 0.717) is 19.8 Å². The Morgan fingerprint density at radius 3 is 2.42 bits per heavy atom. The summed E-state index contributed by atoms with van der Waals surface area (Å²) < 4.78 is 11.1. The lowest BCUT2D eigenvalue weighted by Crippen LogP contribution is -2.47. The van der Waals surface area contributed by atoms with E-state index in [1.54, 1.807) is 0 Å². The molecule has 1 rings (SSSR count). The molecule has 0 aliphatic rings. The van der Waals surface area contributed by atoms with E-state index in [0.717, 1.165) is 5.56 Å². The van der Waals surface area contributed by atoms with Gasteiger partial charge in [0, 0.05) is 0 Å². The smallest absolute Gasteiger partial charge is 0.0903 e. The van der Waals surface area contributed by atoms with Gasteiger partial charge in [0.05, 0.1) is 38.1 Å². The lowest BCUT2D eigenvalue weighted by atomic mass is 9.92. The van der Waals surface area contributed by atoms with E-state index < -0.39 is 5.54 Å². The van der Waals surface area contributed by atoms with Crippen molar-refractivity contribution in [2.75, 3.05) is 33.5 Å². The molecular weight excluding hydrogens is 242 g/mol. The fourth-order valence-corrected chi connectivity index (χ4v) is 1.86. The Hall–Kier alpha value is -0.940. The third-order valence-corrected chi connectivity index (χ3v) is 3.10. The van der Waals surface area contributed by atoms with Gasteiger partial charge in [0.25, 0.3) is 0 Å². The quantitative estimate of drug-likeness (QED) is 0.666. The van der Waals surface area contributed by atoms with Crippen LogP contribution in [0.15, 0.2) is 30.3 Å². The minimum Gasteiger partial charge on any atom is -0.394 e. The molecule has 0 aliphatic carbocycles. The number of hydrogen-bond donors (Lipinski definition) is 2. The molecule has 108 valence electrons. The molecule has 1 aromatic carbocycles. The summed E-state index contributed by atoms with van der Waals surface area (Å²) >= 11 is 0. The maximum Gasteiger partial charge on any atom is 0.0903 e. The minimum absolute atomic E-state index is 0.0153. The number of nitrogens with one attached hydrogen (secondary N) is 1. The van der Waals surface area contributed by atoms with E-state index in [1.165, 1.54) is 0 Å². The number of aliphatic hydroxyl groups is 1. The molecule has 0 heterocycles. The van der Waals surface area contributed by atoms with Gasteiger partial charge in [-0.2, -0.15) is 0 Å². The Kier molecular flexibility index (Phi) is 7.02. The highest BCUT2D eigenvalue weighted by Crippen LogP contribution is 2.20. The van der Waals surface area contributed by atoms with Crippen LogP contribution in [0.4, 0.5) is 0 Å². The summed E-state index contributed by atoms with van der Waals surface area (Å²) in [5, 5.41) is 12.9. The summed E-state index contributed by atoms with van der Waals surface area (Å²) in [6, 6.07) is 9.85. The van der Waals surface area contributed by atoms with Gasteiger partial charge in [-0.25, -0.2) is 0 Å². The number of benzene rings is 1. The highest BCUT2D eigenvalue weighted by Gasteiger charge is 2.29. The van der Waals surface area contributed by atoms with Crippen molar-refractivity contribution in [3.05, 3.63) is 35.9 Å². The lowest BCUT2D eigenvalue weighted by molar-refractivity contribution is -0.0107. The molecule has 0 bridgehead atoms. The maximum atomic E-state index is 9.70. The van der Waals surface area contributed by atoms with Crippen LogP contribution in [-0.4, -0.2) is 44.7 Å². The number of hydrogen-bond acceptors (Lipinski definition) is 4. The van der Waals surface area contributed by atoms with Crippen molar-refractivity contribution in [2.45, 2.75) is 25.5 Å². The molecule has 0 aliphatic heterocycles. The predicted molar refractivity (Wildman–Crippen MR) is 76.2 cm³/mol. The van der Waals surface area contributed by atoms with Crippen molar-refractivity contribution >= 4 is 0 Å². The fraction of sp³-hybridized carbons (Fsp3) is 0.600. The van der Waals surface area contributed by atoms with E-state index in [1.807, 2.05) is 51.2 Å². The van der Waals surface area contributed by atoms with Crippen molar-refractivity contribution in [1.82, 2.24) is 5.32 Å². The van der Waals surface area contributed by atoms with Crippen LogP contribution >= 0.6 is 0 Å². The van der Waals surface area contributed by atoms with Crippen molar-refractivity contribution < 1.29 is 14.6 Å². The summed E-state index contributed by atoms with van der Waals surface area (Å²) in [6.45, 7) is 5.47. The number of ether oxygens (including phenoxy) is 2. The van der Waals surface area contributed by atoms with Crippen LogP contribution in [0.5, 0.6) is 0 Å². The molecule has 1 atom stereocenters. The van der Waals surface area contributed by atoms with Crippen LogP contribution in [0.1, 0.15) is 19.4 Å². The first kappa shape index (κ1) is 16.1. The molecule has 1 aromatic rings. The summed E-state index contributed by atoms with van der Waals surface area (Å²) in [5.74, 6) is 0. The van der Waals surface area contributed by atoms with Gasteiger partial charge in [-0.3, -0.25) is 0 Å². The van der Waals surface area contributed by atoms with Crippen LogP contribution in [0, 0.1) is 0 Å². The highest BCUT2D eigenvalue weighted by molar-refractivity contribution is 5.24. The zero-order valence-corrected chi connectivity index (χ0v) is 12.1. The zero-order valence-electron chi connectivity index (χ0n) is 12.1. The Bertz CT molecular complexity index is 337. The molecule has 0 saturated heterocycles. The summed E-state index contributed by atoms with van der Waals surface area (Å²) in [7, 11) is 1.83. The zero-order chi connectivity index (χ0) is 14.1. The van der Waals surface area contributed by atoms with Crippen molar-refractivity contribution in [1.29, 1.82) is 0 Å². The molecule has 19 heavy (non-hydrogen) atoms. The third-order valence-electron chi connectivity index (χ3n) is 3.10.